The molecule has 4 rings (SSSR count). The Morgan fingerprint density at radius 2 is 1.72 bits per heavy atom. The van der Waals surface area contributed by atoms with E-state index in [1.807, 2.05) is 54.6 Å². The van der Waals surface area contributed by atoms with E-state index in [0.717, 1.165) is 22.1 Å². The number of amides is 1. The van der Waals surface area contributed by atoms with Crippen LogP contribution in [0.25, 0.3) is 10.8 Å². The molecule has 162 valence electrons. The number of hydrazine groups is 1. The van der Waals surface area contributed by atoms with Crippen LogP contribution in [0.4, 0.5) is 0 Å². The number of ether oxygens (including phenoxy) is 1. The van der Waals surface area contributed by atoms with Crippen molar-refractivity contribution in [3.05, 3.63) is 101 Å². The maximum atomic E-state index is 12.3. The molecule has 6 nitrogen and oxygen atoms in total. The standard InChI is InChI=1S/C24H20ClN3O3S/c25-19-8-5-16(6-9-19)14-26-24(32)28-27-23(29)22-12-11-21(31-22)15-30-20-10-7-17-3-1-2-4-18(17)13-20/h1-13H,14-15H2,(H,27,29)(H2,26,28,32). The third-order valence-electron chi connectivity index (χ3n) is 4.64. The molecule has 32 heavy (non-hydrogen) atoms. The second kappa shape index (κ2) is 10.2. The van der Waals surface area contributed by atoms with Crippen LogP contribution in [0.1, 0.15) is 21.9 Å². The van der Waals surface area contributed by atoms with E-state index in [-0.39, 0.29) is 17.5 Å². The Balaban J connectivity index is 1.23. The molecule has 3 N–H and O–H groups in total. The minimum atomic E-state index is -0.447. The van der Waals surface area contributed by atoms with Crippen LogP contribution in [-0.2, 0) is 13.2 Å². The Hall–Kier alpha value is -3.55. The monoisotopic (exact) mass is 465 g/mol. The first kappa shape index (κ1) is 21.7. The number of benzene rings is 3. The lowest BCUT2D eigenvalue weighted by Crippen LogP contribution is -2.46. The molecule has 0 aliphatic carbocycles. The molecule has 8 heteroatoms. The van der Waals surface area contributed by atoms with Gasteiger partial charge in [0.25, 0.3) is 0 Å². The topological polar surface area (TPSA) is 75.5 Å². The van der Waals surface area contributed by atoms with E-state index in [0.29, 0.717) is 17.3 Å². The Kier molecular flexibility index (Phi) is 6.89. The van der Waals surface area contributed by atoms with Crippen LogP contribution in [-0.4, -0.2) is 11.0 Å². The van der Waals surface area contributed by atoms with Gasteiger partial charge in [-0.05, 0) is 65.0 Å². The van der Waals surface area contributed by atoms with Gasteiger partial charge in [0.15, 0.2) is 10.9 Å². The van der Waals surface area contributed by atoms with Gasteiger partial charge in [0.2, 0.25) is 0 Å². The molecule has 0 aliphatic heterocycles. The minimum absolute atomic E-state index is 0.148. The van der Waals surface area contributed by atoms with E-state index >= 15 is 0 Å². The third kappa shape index (κ3) is 5.78. The number of hydrogen-bond acceptors (Lipinski definition) is 4. The lowest BCUT2D eigenvalue weighted by atomic mass is 10.1. The van der Waals surface area contributed by atoms with Crippen molar-refractivity contribution in [2.24, 2.45) is 0 Å². The smallest absolute Gasteiger partial charge is 0.305 e. The van der Waals surface area contributed by atoms with E-state index in [9.17, 15) is 4.79 Å². The van der Waals surface area contributed by atoms with Gasteiger partial charge in [0.1, 0.15) is 18.1 Å². The number of thiocarbonyl (C=S) groups is 1. The zero-order valence-electron chi connectivity index (χ0n) is 16.9. The van der Waals surface area contributed by atoms with E-state index < -0.39 is 5.91 Å². The first-order chi connectivity index (χ1) is 15.6. The number of halogens is 1. The predicted octanol–water partition coefficient (Wildman–Crippen LogP) is 4.97. The molecule has 0 aliphatic rings. The lowest BCUT2D eigenvalue weighted by Gasteiger charge is -2.11. The largest absolute Gasteiger partial charge is 0.486 e. The summed E-state index contributed by atoms with van der Waals surface area (Å²) in [7, 11) is 0. The average molecular weight is 466 g/mol. The summed E-state index contributed by atoms with van der Waals surface area (Å²) in [6.45, 7) is 0.704. The van der Waals surface area contributed by atoms with Gasteiger partial charge in [-0.15, -0.1) is 0 Å². The maximum absolute atomic E-state index is 12.3. The number of fused-ring (bicyclic) bond motifs is 1. The quantitative estimate of drug-likeness (QED) is 0.275. The molecule has 0 saturated heterocycles. The van der Waals surface area contributed by atoms with Crippen LogP contribution in [0.2, 0.25) is 5.02 Å². The summed E-state index contributed by atoms with van der Waals surface area (Å²) in [5, 5.41) is 6.18. The van der Waals surface area contributed by atoms with Crippen molar-refractivity contribution in [1.29, 1.82) is 0 Å². The Bertz CT molecular complexity index is 1240. The fourth-order valence-corrected chi connectivity index (χ4v) is 3.24. The van der Waals surface area contributed by atoms with Gasteiger partial charge < -0.3 is 14.5 Å². The Labute approximate surface area is 195 Å². The van der Waals surface area contributed by atoms with Gasteiger partial charge >= 0.3 is 5.91 Å². The molecular weight excluding hydrogens is 446 g/mol. The number of furan rings is 1. The highest BCUT2D eigenvalue weighted by Crippen LogP contribution is 2.21. The summed E-state index contributed by atoms with van der Waals surface area (Å²) in [5.74, 6) is 0.962. The van der Waals surface area contributed by atoms with E-state index in [1.165, 1.54) is 0 Å². The molecular formula is C24H20ClN3O3S. The van der Waals surface area contributed by atoms with Crippen molar-refractivity contribution in [2.45, 2.75) is 13.2 Å². The summed E-state index contributed by atoms with van der Waals surface area (Å²) in [6.07, 6.45) is 0. The molecule has 0 unspecified atom stereocenters. The van der Waals surface area contributed by atoms with E-state index in [4.69, 9.17) is 33.0 Å². The molecule has 3 aromatic carbocycles. The van der Waals surface area contributed by atoms with Crippen molar-refractivity contribution in [3.63, 3.8) is 0 Å². The van der Waals surface area contributed by atoms with Crippen molar-refractivity contribution in [1.82, 2.24) is 16.2 Å². The third-order valence-corrected chi connectivity index (χ3v) is 5.14. The highest BCUT2D eigenvalue weighted by molar-refractivity contribution is 7.80. The van der Waals surface area contributed by atoms with E-state index in [2.05, 4.69) is 16.2 Å². The zero-order valence-corrected chi connectivity index (χ0v) is 18.5. The van der Waals surface area contributed by atoms with Crippen LogP contribution in [0.3, 0.4) is 0 Å². The van der Waals surface area contributed by atoms with Crippen LogP contribution >= 0.6 is 23.8 Å². The van der Waals surface area contributed by atoms with Crippen LogP contribution in [0.5, 0.6) is 5.75 Å². The Morgan fingerprint density at radius 1 is 0.938 bits per heavy atom. The molecule has 0 spiro atoms. The van der Waals surface area contributed by atoms with Gasteiger partial charge in [-0.25, -0.2) is 0 Å². The molecule has 1 amide bonds. The molecule has 1 aromatic heterocycles. The van der Waals surface area contributed by atoms with Crippen molar-refractivity contribution in [3.8, 4) is 5.75 Å². The van der Waals surface area contributed by atoms with Crippen LogP contribution in [0.15, 0.2) is 83.3 Å². The highest BCUT2D eigenvalue weighted by atomic mass is 35.5. The summed E-state index contributed by atoms with van der Waals surface area (Å²) < 4.78 is 11.4. The SMILES string of the molecule is O=C(NNC(=S)NCc1ccc(Cl)cc1)c1ccc(COc2ccc3ccccc3c2)o1. The highest BCUT2D eigenvalue weighted by Gasteiger charge is 2.12. The lowest BCUT2D eigenvalue weighted by molar-refractivity contribution is 0.0911. The first-order valence-electron chi connectivity index (χ1n) is 9.86. The number of rotatable bonds is 6. The minimum Gasteiger partial charge on any atom is -0.486 e. The van der Waals surface area contributed by atoms with Gasteiger partial charge in [-0.3, -0.25) is 15.6 Å². The second-order valence-corrected chi connectivity index (χ2v) is 7.80. The Morgan fingerprint density at radius 3 is 2.53 bits per heavy atom. The zero-order chi connectivity index (χ0) is 22.3. The number of nitrogens with one attached hydrogen (secondary N) is 3. The number of hydrogen-bond donors (Lipinski definition) is 3. The first-order valence-corrected chi connectivity index (χ1v) is 10.6. The summed E-state index contributed by atoms with van der Waals surface area (Å²) >= 11 is 11.0. The van der Waals surface area contributed by atoms with Crippen LogP contribution in [0, 0.1) is 0 Å². The predicted molar refractivity (Wildman–Crippen MR) is 128 cm³/mol. The second-order valence-electron chi connectivity index (χ2n) is 6.95. The van der Waals surface area contributed by atoms with Gasteiger partial charge in [0, 0.05) is 11.6 Å². The molecule has 0 fully saturated rings. The van der Waals surface area contributed by atoms with Crippen molar-refractivity contribution >= 4 is 45.6 Å². The average Bonchev–Trinajstić information content (AvgIpc) is 3.30. The fraction of sp³-hybridized carbons (Fsp3) is 0.0833. The molecule has 1 heterocycles. The normalized spacial score (nSPS) is 10.5. The van der Waals surface area contributed by atoms with Gasteiger partial charge in [-0.2, -0.15) is 0 Å². The molecule has 0 radical (unpaired) electrons. The summed E-state index contributed by atoms with van der Waals surface area (Å²) in [5.41, 5.74) is 6.16. The van der Waals surface area contributed by atoms with Gasteiger partial charge in [-0.1, -0.05) is 54.1 Å². The van der Waals surface area contributed by atoms with Crippen LogP contribution < -0.4 is 20.9 Å². The maximum Gasteiger partial charge on any atom is 0.305 e. The number of carbonyl (C=O) groups excluding carboxylic acids is 1. The molecule has 0 bridgehead atoms. The van der Waals surface area contributed by atoms with Crippen molar-refractivity contribution < 1.29 is 13.9 Å². The molecule has 0 saturated carbocycles. The summed E-state index contributed by atoms with van der Waals surface area (Å²) in [4.78, 5) is 12.3. The molecule has 0 atom stereocenters. The molecule has 4 aromatic rings. The summed E-state index contributed by atoms with van der Waals surface area (Å²) in [6, 6.07) is 24.6. The van der Waals surface area contributed by atoms with E-state index in [1.54, 1.807) is 24.3 Å². The number of carbonyl (C=O) groups is 1. The fourth-order valence-electron chi connectivity index (χ4n) is 2.99. The van der Waals surface area contributed by atoms with Crippen molar-refractivity contribution in [2.75, 3.05) is 0 Å². The van der Waals surface area contributed by atoms with Gasteiger partial charge in [0.05, 0.1) is 0 Å².